The number of thiophene rings is 1. The van der Waals surface area contributed by atoms with Crippen LogP contribution in [0.15, 0.2) is 66.0 Å². The summed E-state index contributed by atoms with van der Waals surface area (Å²) in [6, 6.07) is 17.2. The van der Waals surface area contributed by atoms with Crippen molar-refractivity contribution in [2.75, 3.05) is 5.32 Å². The Labute approximate surface area is 160 Å². The Kier molecular flexibility index (Phi) is 5.88. The minimum absolute atomic E-state index is 0.0458. The summed E-state index contributed by atoms with van der Waals surface area (Å²) in [5.74, 6) is 0. The highest BCUT2D eigenvalue weighted by molar-refractivity contribution is 7.10. The molecule has 1 heterocycles. The predicted molar refractivity (Wildman–Crippen MR) is 105 cm³/mol. The van der Waals surface area contributed by atoms with E-state index in [9.17, 15) is 15.2 Å². The van der Waals surface area contributed by atoms with Crippen LogP contribution in [0, 0.1) is 10.1 Å². The molecule has 2 atom stereocenters. The zero-order valence-electron chi connectivity index (χ0n) is 13.7. The maximum absolute atomic E-state index is 10.8. The Hall–Kier alpha value is -2.41. The summed E-state index contributed by atoms with van der Waals surface area (Å²) in [5.41, 5.74) is 1.60. The Balaban J connectivity index is 1.77. The highest BCUT2D eigenvalue weighted by Gasteiger charge is 2.19. The van der Waals surface area contributed by atoms with Gasteiger partial charge >= 0.3 is 0 Å². The molecule has 0 unspecified atom stereocenters. The number of nitrogens with zero attached hydrogens (tertiary/aromatic N) is 1. The van der Waals surface area contributed by atoms with Gasteiger partial charge in [0.05, 0.1) is 17.1 Å². The number of nitro benzene ring substituents is 1. The van der Waals surface area contributed by atoms with Gasteiger partial charge in [0.1, 0.15) is 0 Å². The number of anilines is 1. The molecule has 0 saturated heterocycles. The molecule has 0 spiro atoms. The molecule has 0 fully saturated rings. The molecular weight excluding hydrogens is 372 g/mol. The maximum atomic E-state index is 10.8. The van der Waals surface area contributed by atoms with E-state index < -0.39 is 11.0 Å². The lowest BCUT2D eigenvalue weighted by Crippen LogP contribution is -2.13. The molecule has 0 saturated carbocycles. The average Bonchev–Trinajstić information content (AvgIpc) is 3.16. The first-order valence-corrected chi connectivity index (χ1v) is 9.26. The van der Waals surface area contributed by atoms with Crippen LogP contribution >= 0.6 is 22.9 Å². The van der Waals surface area contributed by atoms with Crippen molar-refractivity contribution in [1.82, 2.24) is 0 Å². The zero-order valence-corrected chi connectivity index (χ0v) is 15.3. The summed E-state index contributed by atoms with van der Waals surface area (Å²) in [5, 5.41) is 27.4. The summed E-state index contributed by atoms with van der Waals surface area (Å²) in [4.78, 5) is 11.4. The molecule has 0 aliphatic heterocycles. The average molecular weight is 389 g/mol. The van der Waals surface area contributed by atoms with E-state index >= 15 is 0 Å². The first-order chi connectivity index (χ1) is 12.5. The molecule has 1 aromatic heterocycles. The van der Waals surface area contributed by atoms with Gasteiger partial charge in [-0.15, -0.1) is 11.3 Å². The lowest BCUT2D eigenvalue weighted by Gasteiger charge is -2.22. The number of aliphatic hydroxyl groups excluding tert-OH is 1. The lowest BCUT2D eigenvalue weighted by atomic mass is 10.0. The number of halogens is 1. The molecule has 5 nitrogen and oxygen atoms in total. The third kappa shape index (κ3) is 4.60. The number of benzene rings is 2. The van der Waals surface area contributed by atoms with Crippen molar-refractivity contribution in [3.8, 4) is 0 Å². The molecule has 0 amide bonds. The SMILES string of the molecule is O=[N+]([O-])c1ccc(N[C@H](C[C@@H](O)c2ccc(Cl)cc2)c2cccs2)cc1. The van der Waals surface area contributed by atoms with E-state index in [1.807, 2.05) is 29.6 Å². The summed E-state index contributed by atoms with van der Waals surface area (Å²) in [6.45, 7) is 0. The Morgan fingerprint density at radius 1 is 1.12 bits per heavy atom. The second-order valence-electron chi connectivity index (χ2n) is 5.82. The van der Waals surface area contributed by atoms with E-state index in [0.717, 1.165) is 16.1 Å². The van der Waals surface area contributed by atoms with Crippen LogP contribution in [0.4, 0.5) is 11.4 Å². The van der Waals surface area contributed by atoms with Gasteiger partial charge in [-0.2, -0.15) is 0 Å². The molecule has 2 N–H and O–H groups in total. The molecule has 26 heavy (non-hydrogen) atoms. The molecule has 3 aromatic rings. The van der Waals surface area contributed by atoms with Gasteiger partial charge in [0.2, 0.25) is 0 Å². The van der Waals surface area contributed by atoms with Crippen molar-refractivity contribution in [3.05, 3.63) is 91.6 Å². The van der Waals surface area contributed by atoms with Crippen LogP contribution in [0.1, 0.15) is 29.0 Å². The van der Waals surface area contributed by atoms with Gasteiger partial charge in [0, 0.05) is 34.1 Å². The van der Waals surface area contributed by atoms with Gasteiger partial charge in [-0.3, -0.25) is 10.1 Å². The van der Waals surface area contributed by atoms with Crippen LogP contribution < -0.4 is 5.32 Å². The number of hydrogen-bond acceptors (Lipinski definition) is 5. The first kappa shape index (κ1) is 18.4. The van der Waals surface area contributed by atoms with Crippen LogP contribution in [0.3, 0.4) is 0 Å². The van der Waals surface area contributed by atoms with Crippen molar-refractivity contribution in [3.63, 3.8) is 0 Å². The lowest BCUT2D eigenvalue weighted by molar-refractivity contribution is -0.384. The fourth-order valence-corrected chi connectivity index (χ4v) is 3.58. The maximum Gasteiger partial charge on any atom is 0.269 e. The van der Waals surface area contributed by atoms with Crippen molar-refractivity contribution in [2.45, 2.75) is 18.6 Å². The monoisotopic (exact) mass is 388 g/mol. The van der Waals surface area contributed by atoms with Gasteiger partial charge < -0.3 is 10.4 Å². The molecule has 7 heteroatoms. The second kappa shape index (κ2) is 8.31. The van der Waals surface area contributed by atoms with Gasteiger partial charge in [-0.05, 0) is 41.3 Å². The van der Waals surface area contributed by atoms with Crippen molar-refractivity contribution in [2.24, 2.45) is 0 Å². The topological polar surface area (TPSA) is 75.4 Å². The third-order valence-electron chi connectivity index (χ3n) is 4.02. The third-order valence-corrected chi connectivity index (χ3v) is 5.26. The minimum Gasteiger partial charge on any atom is -0.388 e. The molecule has 0 radical (unpaired) electrons. The molecular formula is C19H17ClN2O3S. The van der Waals surface area contributed by atoms with Crippen LogP contribution in [0.2, 0.25) is 5.02 Å². The van der Waals surface area contributed by atoms with Crippen LogP contribution in [-0.4, -0.2) is 10.0 Å². The predicted octanol–water partition coefficient (Wildman–Crippen LogP) is 5.59. The minimum atomic E-state index is -0.662. The number of rotatable bonds is 7. The van der Waals surface area contributed by atoms with E-state index in [4.69, 9.17) is 11.6 Å². The number of nitro groups is 1. The second-order valence-corrected chi connectivity index (χ2v) is 7.24. The quantitative estimate of drug-likeness (QED) is 0.408. The Morgan fingerprint density at radius 3 is 2.38 bits per heavy atom. The van der Waals surface area contributed by atoms with E-state index in [2.05, 4.69) is 5.32 Å². The number of hydrogen-bond donors (Lipinski definition) is 2. The molecule has 134 valence electrons. The molecule has 0 aliphatic rings. The molecule has 3 rings (SSSR count). The summed E-state index contributed by atoms with van der Waals surface area (Å²) >= 11 is 7.50. The fourth-order valence-electron chi connectivity index (χ4n) is 2.66. The number of non-ortho nitro benzene ring substituents is 1. The summed E-state index contributed by atoms with van der Waals surface area (Å²) < 4.78 is 0. The summed E-state index contributed by atoms with van der Waals surface area (Å²) in [7, 11) is 0. The van der Waals surface area contributed by atoms with E-state index in [1.165, 1.54) is 12.1 Å². The molecule has 0 bridgehead atoms. The summed E-state index contributed by atoms with van der Waals surface area (Å²) in [6.07, 6.45) is -0.205. The largest absolute Gasteiger partial charge is 0.388 e. The van der Waals surface area contributed by atoms with Gasteiger partial charge in [-0.1, -0.05) is 29.8 Å². The van der Waals surface area contributed by atoms with Crippen molar-refractivity contribution < 1.29 is 10.0 Å². The number of nitrogens with one attached hydrogen (secondary N) is 1. The van der Waals surface area contributed by atoms with Crippen LogP contribution in [0.25, 0.3) is 0 Å². The first-order valence-electron chi connectivity index (χ1n) is 8.01. The van der Waals surface area contributed by atoms with E-state index in [1.54, 1.807) is 35.6 Å². The Bertz CT molecular complexity index is 852. The highest BCUT2D eigenvalue weighted by Crippen LogP contribution is 2.32. The van der Waals surface area contributed by atoms with Gasteiger partial charge in [0.25, 0.3) is 5.69 Å². The number of aliphatic hydroxyl groups is 1. The van der Waals surface area contributed by atoms with E-state index in [0.29, 0.717) is 11.4 Å². The van der Waals surface area contributed by atoms with Crippen LogP contribution in [-0.2, 0) is 0 Å². The molecule has 2 aromatic carbocycles. The molecule has 0 aliphatic carbocycles. The fraction of sp³-hybridized carbons (Fsp3) is 0.158. The van der Waals surface area contributed by atoms with Gasteiger partial charge in [-0.25, -0.2) is 0 Å². The zero-order chi connectivity index (χ0) is 18.5. The van der Waals surface area contributed by atoms with Crippen LogP contribution in [0.5, 0.6) is 0 Å². The van der Waals surface area contributed by atoms with Crippen molar-refractivity contribution >= 4 is 34.3 Å². The van der Waals surface area contributed by atoms with E-state index in [-0.39, 0.29) is 11.7 Å². The standard InChI is InChI=1S/C19H17ClN2O3S/c20-14-5-3-13(4-6-14)18(23)12-17(19-2-1-11-26-19)21-15-7-9-16(10-8-15)22(24)25/h1-11,17-18,21,23H,12H2/t17-,18-/m1/s1. The highest BCUT2D eigenvalue weighted by atomic mass is 35.5. The van der Waals surface area contributed by atoms with Gasteiger partial charge in [0.15, 0.2) is 0 Å². The normalized spacial score (nSPS) is 13.2. The smallest absolute Gasteiger partial charge is 0.269 e. The van der Waals surface area contributed by atoms with Crippen molar-refractivity contribution in [1.29, 1.82) is 0 Å². The Morgan fingerprint density at radius 2 is 1.81 bits per heavy atom.